The summed E-state index contributed by atoms with van der Waals surface area (Å²) in [6.07, 6.45) is 0. The zero-order valence-electron chi connectivity index (χ0n) is 6.77. The summed E-state index contributed by atoms with van der Waals surface area (Å²) in [6.45, 7) is 8.19. The highest BCUT2D eigenvalue weighted by Gasteiger charge is 2.50. The van der Waals surface area contributed by atoms with Crippen molar-refractivity contribution in [2.24, 2.45) is 0 Å². The van der Waals surface area contributed by atoms with Crippen molar-refractivity contribution in [3.8, 4) is 0 Å². The van der Waals surface area contributed by atoms with Gasteiger partial charge >= 0.3 is 4.97 Å². The maximum absolute atomic E-state index is 5.53. The van der Waals surface area contributed by atoms with Crippen LogP contribution in [0.1, 0.15) is 27.7 Å². The molecule has 1 rings (SSSR count). The van der Waals surface area contributed by atoms with Crippen molar-refractivity contribution < 1.29 is 9.31 Å². The van der Waals surface area contributed by atoms with Gasteiger partial charge in [0.2, 0.25) is 0 Å². The minimum Gasteiger partial charge on any atom is -0.395 e. The van der Waals surface area contributed by atoms with Gasteiger partial charge in [-0.15, -0.1) is 0 Å². The molecule has 0 aliphatic carbocycles. The predicted molar refractivity (Wildman–Crippen MR) is 50.1 cm³/mol. The van der Waals surface area contributed by atoms with Crippen LogP contribution in [0.3, 0.4) is 0 Å². The molecular formula is C6H12BIO2. The standard InChI is InChI=1S/C6H12BIO2/c1-5(2)6(3,4)10-7(8)9-5/h1-4H3. The van der Waals surface area contributed by atoms with E-state index in [0.29, 0.717) is 0 Å². The summed E-state index contributed by atoms with van der Waals surface area (Å²) < 4.78 is 11.1. The molecule has 0 aromatic carbocycles. The SMILES string of the molecule is CC1(C)OB(I)OC1(C)C. The van der Waals surface area contributed by atoms with Crippen molar-refractivity contribution in [2.45, 2.75) is 38.9 Å². The van der Waals surface area contributed by atoms with Crippen LogP contribution in [0.5, 0.6) is 0 Å². The summed E-state index contributed by atoms with van der Waals surface area (Å²) in [6, 6.07) is 0. The molecule has 0 unspecified atom stereocenters. The molecule has 1 fully saturated rings. The Kier molecular flexibility index (Phi) is 2.07. The van der Waals surface area contributed by atoms with Gasteiger partial charge in [-0.1, -0.05) is 22.4 Å². The van der Waals surface area contributed by atoms with E-state index in [0.717, 1.165) is 0 Å². The van der Waals surface area contributed by atoms with E-state index in [1.165, 1.54) is 0 Å². The quantitative estimate of drug-likeness (QED) is 0.486. The average molecular weight is 254 g/mol. The largest absolute Gasteiger partial charge is 0.533 e. The van der Waals surface area contributed by atoms with Crippen molar-refractivity contribution >= 4 is 27.3 Å². The molecule has 1 heterocycles. The third kappa shape index (κ3) is 1.33. The number of rotatable bonds is 0. The third-order valence-electron chi connectivity index (χ3n) is 2.22. The molecule has 10 heavy (non-hydrogen) atoms. The second-order valence-electron chi connectivity index (χ2n) is 3.53. The lowest BCUT2D eigenvalue weighted by molar-refractivity contribution is 0.00578. The van der Waals surface area contributed by atoms with Gasteiger partial charge in [0.1, 0.15) is 0 Å². The molecule has 0 amide bonds. The minimum absolute atomic E-state index is 0.0948. The van der Waals surface area contributed by atoms with Crippen molar-refractivity contribution in [2.75, 3.05) is 0 Å². The first kappa shape index (κ1) is 8.81. The van der Waals surface area contributed by atoms with Crippen molar-refractivity contribution in [1.82, 2.24) is 0 Å². The summed E-state index contributed by atoms with van der Waals surface area (Å²) >= 11 is 2.14. The summed E-state index contributed by atoms with van der Waals surface area (Å²) in [7, 11) is 0. The Morgan fingerprint density at radius 3 is 1.40 bits per heavy atom. The number of halogens is 1. The van der Waals surface area contributed by atoms with E-state index in [4.69, 9.17) is 9.31 Å². The lowest BCUT2D eigenvalue weighted by atomic mass is 9.90. The van der Waals surface area contributed by atoms with Crippen molar-refractivity contribution in [3.05, 3.63) is 0 Å². The molecule has 0 radical (unpaired) electrons. The van der Waals surface area contributed by atoms with Crippen LogP contribution < -0.4 is 0 Å². The predicted octanol–water partition coefficient (Wildman–Crippen LogP) is 2.01. The molecule has 1 saturated heterocycles. The fraction of sp³-hybridized carbons (Fsp3) is 1.00. The molecule has 1 aliphatic heterocycles. The van der Waals surface area contributed by atoms with E-state index < -0.39 is 0 Å². The van der Waals surface area contributed by atoms with Crippen LogP contribution in [0.4, 0.5) is 0 Å². The summed E-state index contributed by atoms with van der Waals surface area (Å²) in [5.74, 6) is 0. The van der Waals surface area contributed by atoms with Crippen LogP contribution in [-0.2, 0) is 9.31 Å². The highest BCUT2D eigenvalue weighted by Crippen LogP contribution is 2.38. The Labute approximate surface area is 75.7 Å². The van der Waals surface area contributed by atoms with Gasteiger partial charge in [-0.05, 0) is 27.7 Å². The smallest absolute Gasteiger partial charge is 0.395 e. The number of hydrogen-bond donors (Lipinski definition) is 0. The van der Waals surface area contributed by atoms with Crippen molar-refractivity contribution in [1.29, 1.82) is 0 Å². The molecule has 58 valence electrons. The van der Waals surface area contributed by atoms with Crippen LogP contribution in [0.25, 0.3) is 0 Å². The lowest BCUT2D eigenvalue weighted by Crippen LogP contribution is -2.41. The van der Waals surface area contributed by atoms with Gasteiger partial charge in [0.15, 0.2) is 0 Å². The van der Waals surface area contributed by atoms with Gasteiger partial charge in [0.05, 0.1) is 11.2 Å². The van der Waals surface area contributed by atoms with Crippen LogP contribution in [0.2, 0.25) is 0 Å². The minimum atomic E-state index is -0.168. The average Bonchev–Trinajstić information content (AvgIpc) is 1.73. The summed E-state index contributed by atoms with van der Waals surface area (Å²) in [5, 5.41) is 0. The van der Waals surface area contributed by atoms with Gasteiger partial charge in [0.25, 0.3) is 0 Å². The molecule has 2 nitrogen and oxygen atoms in total. The molecule has 0 saturated carbocycles. The fourth-order valence-corrected chi connectivity index (χ4v) is 2.04. The Bertz CT molecular complexity index is 131. The van der Waals surface area contributed by atoms with E-state index in [-0.39, 0.29) is 16.2 Å². The second-order valence-corrected chi connectivity index (χ2v) is 4.55. The van der Waals surface area contributed by atoms with Gasteiger partial charge in [-0.2, -0.15) is 0 Å². The second kappa shape index (κ2) is 2.35. The van der Waals surface area contributed by atoms with E-state index in [2.05, 4.69) is 22.4 Å². The van der Waals surface area contributed by atoms with E-state index in [1.54, 1.807) is 0 Å². The molecule has 0 aromatic heterocycles. The normalized spacial score (nSPS) is 29.1. The molecule has 0 bridgehead atoms. The molecule has 1 aliphatic rings. The van der Waals surface area contributed by atoms with Gasteiger partial charge in [0, 0.05) is 0 Å². The summed E-state index contributed by atoms with van der Waals surface area (Å²) in [5.41, 5.74) is -0.336. The monoisotopic (exact) mass is 254 g/mol. The first-order valence-electron chi connectivity index (χ1n) is 3.35. The zero-order chi connectivity index (χ0) is 7.99. The van der Waals surface area contributed by atoms with Crippen LogP contribution in [0, 0.1) is 0 Å². The molecular weight excluding hydrogens is 242 g/mol. The van der Waals surface area contributed by atoms with Crippen molar-refractivity contribution in [3.63, 3.8) is 0 Å². The molecule has 0 spiro atoms. The van der Waals surface area contributed by atoms with Crippen LogP contribution in [0.15, 0.2) is 0 Å². The first-order valence-corrected chi connectivity index (χ1v) is 4.59. The van der Waals surface area contributed by atoms with E-state index in [9.17, 15) is 0 Å². The summed E-state index contributed by atoms with van der Waals surface area (Å²) in [4.78, 5) is -0.0948. The first-order chi connectivity index (χ1) is 4.35. The fourth-order valence-electron chi connectivity index (χ4n) is 0.771. The topological polar surface area (TPSA) is 18.5 Å². The molecule has 0 N–H and O–H groups in total. The highest BCUT2D eigenvalue weighted by molar-refractivity contribution is 14.1. The maximum Gasteiger partial charge on any atom is 0.533 e. The van der Waals surface area contributed by atoms with Gasteiger partial charge in [-0.3, -0.25) is 0 Å². The highest BCUT2D eigenvalue weighted by atomic mass is 127. The maximum atomic E-state index is 5.53. The van der Waals surface area contributed by atoms with E-state index >= 15 is 0 Å². The molecule has 0 atom stereocenters. The number of hydrogen-bond acceptors (Lipinski definition) is 2. The lowest BCUT2D eigenvalue weighted by Gasteiger charge is -2.32. The Balaban J connectivity index is 2.78. The Hall–Kier alpha value is 0.715. The Morgan fingerprint density at radius 2 is 1.30 bits per heavy atom. The zero-order valence-corrected chi connectivity index (χ0v) is 8.93. The van der Waals surface area contributed by atoms with Crippen LogP contribution in [-0.4, -0.2) is 16.2 Å². The molecule has 0 aromatic rings. The Morgan fingerprint density at radius 1 is 1.00 bits per heavy atom. The molecule has 4 heteroatoms. The third-order valence-corrected chi connectivity index (χ3v) is 2.73. The van der Waals surface area contributed by atoms with Crippen LogP contribution >= 0.6 is 22.4 Å². The van der Waals surface area contributed by atoms with Gasteiger partial charge in [-0.25, -0.2) is 0 Å². The van der Waals surface area contributed by atoms with Gasteiger partial charge < -0.3 is 9.31 Å². The van der Waals surface area contributed by atoms with E-state index in [1.807, 2.05) is 27.7 Å².